The van der Waals surface area contributed by atoms with Crippen molar-refractivity contribution in [3.63, 3.8) is 0 Å². The van der Waals surface area contributed by atoms with Gasteiger partial charge < -0.3 is 15.0 Å². The van der Waals surface area contributed by atoms with Crippen LogP contribution in [-0.2, 0) is 20.7 Å². The van der Waals surface area contributed by atoms with Gasteiger partial charge in [0, 0.05) is 28.5 Å². The summed E-state index contributed by atoms with van der Waals surface area (Å²) < 4.78 is 31.4. The predicted octanol–water partition coefficient (Wildman–Crippen LogP) is 3.44. The van der Waals surface area contributed by atoms with Gasteiger partial charge in [-0.25, -0.2) is 8.78 Å². The van der Waals surface area contributed by atoms with Crippen molar-refractivity contribution in [2.45, 2.75) is 11.3 Å². The lowest BCUT2D eigenvalue weighted by atomic mass is 10.1. The van der Waals surface area contributed by atoms with Crippen LogP contribution in [0.1, 0.15) is 5.56 Å². The third-order valence-electron chi connectivity index (χ3n) is 3.99. The molecule has 2 aromatic carbocycles. The van der Waals surface area contributed by atoms with Gasteiger partial charge in [-0.05, 0) is 36.2 Å². The summed E-state index contributed by atoms with van der Waals surface area (Å²) in [4.78, 5) is 26.7. The first-order chi connectivity index (χ1) is 13.5. The van der Waals surface area contributed by atoms with Crippen LogP contribution in [0.3, 0.4) is 0 Å². The number of para-hydroxylation sites is 1. The molecule has 0 saturated heterocycles. The van der Waals surface area contributed by atoms with Crippen LogP contribution in [0.4, 0.5) is 8.78 Å². The fourth-order valence-corrected chi connectivity index (χ4v) is 3.40. The first-order valence-electron chi connectivity index (χ1n) is 8.58. The Kier molecular flexibility index (Phi) is 6.65. The van der Waals surface area contributed by atoms with E-state index in [9.17, 15) is 18.4 Å². The molecule has 8 heteroatoms. The molecule has 0 spiro atoms. The van der Waals surface area contributed by atoms with E-state index in [0.717, 1.165) is 46.4 Å². The number of H-pyrrole nitrogens is 1. The molecule has 0 fully saturated rings. The molecule has 1 aromatic heterocycles. The maximum absolute atomic E-state index is 13.5. The number of thioether (sulfide) groups is 1. The second-order valence-corrected chi connectivity index (χ2v) is 7.00. The van der Waals surface area contributed by atoms with Gasteiger partial charge in [0.25, 0.3) is 5.91 Å². The Labute approximate surface area is 164 Å². The number of halogens is 2. The van der Waals surface area contributed by atoms with Crippen LogP contribution in [0.15, 0.2) is 53.6 Å². The SMILES string of the molecule is O=C(COC(=O)CSc1cc(F)ccc1F)NCCc1c[nH]c2ccccc12. The minimum Gasteiger partial charge on any atom is -0.455 e. The molecule has 5 nitrogen and oxygen atoms in total. The van der Waals surface area contributed by atoms with E-state index in [1.54, 1.807) is 0 Å². The van der Waals surface area contributed by atoms with E-state index in [1.165, 1.54) is 0 Å². The van der Waals surface area contributed by atoms with Crippen LogP contribution in [0, 0.1) is 11.6 Å². The molecule has 0 aliphatic heterocycles. The lowest BCUT2D eigenvalue weighted by molar-refractivity contribution is -0.145. The van der Waals surface area contributed by atoms with Crippen molar-refractivity contribution in [3.05, 3.63) is 65.9 Å². The van der Waals surface area contributed by atoms with Crippen molar-refractivity contribution in [2.24, 2.45) is 0 Å². The lowest BCUT2D eigenvalue weighted by Crippen LogP contribution is -2.30. The normalized spacial score (nSPS) is 10.8. The zero-order valence-corrected chi connectivity index (χ0v) is 15.7. The Hall–Kier alpha value is -2.87. The molecule has 2 N–H and O–H groups in total. The topological polar surface area (TPSA) is 71.2 Å². The van der Waals surface area contributed by atoms with Gasteiger partial charge in [0.15, 0.2) is 6.61 Å². The number of carbonyl (C=O) groups excluding carboxylic acids is 2. The zero-order chi connectivity index (χ0) is 19.9. The molecule has 0 aliphatic carbocycles. The van der Waals surface area contributed by atoms with Crippen LogP contribution >= 0.6 is 11.8 Å². The highest BCUT2D eigenvalue weighted by Gasteiger charge is 2.11. The molecule has 0 bridgehead atoms. The number of benzene rings is 2. The molecule has 3 aromatic rings. The van der Waals surface area contributed by atoms with Gasteiger partial charge in [-0.3, -0.25) is 9.59 Å². The van der Waals surface area contributed by atoms with E-state index < -0.39 is 30.1 Å². The van der Waals surface area contributed by atoms with Crippen LogP contribution in [0.2, 0.25) is 0 Å². The minimum absolute atomic E-state index is 0.0140. The number of amides is 1. The Balaban J connectivity index is 1.37. The van der Waals surface area contributed by atoms with Gasteiger partial charge in [-0.2, -0.15) is 0 Å². The van der Waals surface area contributed by atoms with Gasteiger partial charge in [0.05, 0.1) is 5.75 Å². The second-order valence-electron chi connectivity index (χ2n) is 5.98. The number of fused-ring (bicyclic) bond motifs is 1. The summed E-state index contributed by atoms with van der Waals surface area (Å²) in [7, 11) is 0. The van der Waals surface area contributed by atoms with Crippen molar-refractivity contribution in [1.29, 1.82) is 0 Å². The summed E-state index contributed by atoms with van der Waals surface area (Å²) in [6, 6.07) is 10.9. The van der Waals surface area contributed by atoms with E-state index in [1.807, 2.05) is 30.5 Å². The highest BCUT2D eigenvalue weighted by Crippen LogP contribution is 2.22. The fraction of sp³-hybridized carbons (Fsp3) is 0.200. The number of aromatic amines is 1. The summed E-state index contributed by atoms with van der Waals surface area (Å²) in [6.07, 6.45) is 2.54. The molecule has 0 radical (unpaired) electrons. The largest absolute Gasteiger partial charge is 0.455 e. The van der Waals surface area contributed by atoms with Crippen molar-refractivity contribution in [1.82, 2.24) is 10.3 Å². The summed E-state index contributed by atoms with van der Waals surface area (Å²) in [6.45, 7) is -0.0135. The molecular formula is C20H18F2N2O3S. The minimum atomic E-state index is -0.680. The number of hydrogen-bond acceptors (Lipinski definition) is 4. The zero-order valence-electron chi connectivity index (χ0n) is 14.8. The quantitative estimate of drug-likeness (QED) is 0.446. The van der Waals surface area contributed by atoms with Crippen LogP contribution in [0.25, 0.3) is 10.9 Å². The van der Waals surface area contributed by atoms with Gasteiger partial charge in [-0.1, -0.05) is 18.2 Å². The standard InChI is InChI=1S/C20H18F2N2O3S/c21-14-5-6-16(22)18(9-14)28-12-20(26)27-11-19(25)23-8-7-13-10-24-17-4-2-1-3-15(13)17/h1-6,9-10,24H,7-8,11-12H2,(H,23,25). The fourth-order valence-electron chi connectivity index (χ4n) is 2.64. The summed E-state index contributed by atoms with van der Waals surface area (Å²) in [5.74, 6) is -2.53. The number of esters is 1. The van der Waals surface area contributed by atoms with Gasteiger partial charge >= 0.3 is 5.97 Å². The molecular weight excluding hydrogens is 386 g/mol. The number of rotatable bonds is 8. The maximum Gasteiger partial charge on any atom is 0.316 e. The van der Waals surface area contributed by atoms with E-state index >= 15 is 0 Å². The molecule has 1 amide bonds. The van der Waals surface area contributed by atoms with E-state index in [-0.39, 0.29) is 10.6 Å². The van der Waals surface area contributed by atoms with Crippen LogP contribution in [0.5, 0.6) is 0 Å². The van der Waals surface area contributed by atoms with Gasteiger partial charge in [-0.15, -0.1) is 11.8 Å². The Morgan fingerprint density at radius 1 is 1.14 bits per heavy atom. The number of aromatic nitrogens is 1. The number of ether oxygens (including phenoxy) is 1. The van der Waals surface area contributed by atoms with Crippen LogP contribution in [-0.4, -0.2) is 35.8 Å². The van der Waals surface area contributed by atoms with Crippen molar-refractivity contribution in [3.8, 4) is 0 Å². The molecule has 0 unspecified atom stereocenters. The highest BCUT2D eigenvalue weighted by atomic mass is 32.2. The van der Waals surface area contributed by atoms with E-state index in [2.05, 4.69) is 10.3 Å². The Bertz CT molecular complexity index is 990. The molecule has 3 rings (SSSR count). The third-order valence-corrected chi connectivity index (χ3v) is 5.00. The van der Waals surface area contributed by atoms with Gasteiger partial charge in [0.1, 0.15) is 11.6 Å². The lowest BCUT2D eigenvalue weighted by Gasteiger charge is -2.07. The summed E-state index contributed by atoms with van der Waals surface area (Å²) in [5.41, 5.74) is 2.12. The number of nitrogens with one attached hydrogen (secondary N) is 2. The first kappa shape index (κ1) is 19.9. The van der Waals surface area contributed by atoms with Crippen LogP contribution < -0.4 is 5.32 Å². The summed E-state index contributed by atoms with van der Waals surface area (Å²) >= 11 is 0.813. The Morgan fingerprint density at radius 2 is 1.96 bits per heavy atom. The third kappa shape index (κ3) is 5.32. The predicted molar refractivity (Wildman–Crippen MR) is 103 cm³/mol. The average molecular weight is 404 g/mol. The molecule has 1 heterocycles. The van der Waals surface area contributed by atoms with E-state index in [4.69, 9.17) is 4.74 Å². The monoisotopic (exact) mass is 404 g/mol. The highest BCUT2D eigenvalue weighted by molar-refractivity contribution is 8.00. The molecule has 0 aliphatic rings. The molecule has 0 atom stereocenters. The number of hydrogen-bond donors (Lipinski definition) is 2. The van der Waals surface area contributed by atoms with Crippen molar-refractivity contribution < 1.29 is 23.1 Å². The smallest absolute Gasteiger partial charge is 0.316 e. The summed E-state index contributed by atoms with van der Waals surface area (Å²) in [5, 5.41) is 3.79. The molecule has 0 saturated carbocycles. The number of carbonyl (C=O) groups is 2. The van der Waals surface area contributed by atoms with Crippen molar-refractivity contribution >= 4 is 34.5 Å². The Morgan fingerprint density at radius 3 is 2.82 bits per heavy atom. The van der Waals surface area contributed by atoms with Crippen molar-refractivity contribution in [2.75, 3.05) is 18.9 Å². The second kappa shape index (κ2) is 9.36. The van der Waals surface area contributed by atoms with Gasteiger partial charge in [0.2, 0.25) is 0 Å². The van der Waals surface area contributed by atoms with E-state index in [0.29, 0.717) is 13.0 Å². The molecule has 28 heavy (non-hydrogen) atoms. The first-order valence-corrected chi connectivity index (χ1v) is 9.56. The average Bonchev–Trinajstić information content (AvgIpc) is 3.10. The molecule has 146 valence electrons. The maximum atomic E-state index is 13.5.